The molecule has 0 aliphatic carbocycles. The molecule has 1 aromatic heterocycles. The number of piperazine rings is 1. The quantitative estimate of drug-likeness (QED) is 0.0524. The van der Waals surface area contributed by atoms with E-state index in [1.54, 1.807) is 54.6 Å². The number of carbonyl (C=O) groups excluding carboxylic acids is 4. The van der Waals surface area contributed by atoms with Crippen LogP contribution in [0.25, 0.3) is 0 Å². The van der Waals surface area contributed by atoms with Crippen molar-refractivity contribution >= 4 is 63.8 Å². The number of hydrogen-bond donors (Lipinski definition) is 6. The first-order valence-electron chi connectivity index (χ1n) is 21.4. The summed E-state index contributed by atoms with van der Waals surface area (Å²) in [5.41, 5.74) is 4.90. The van der Waals surface area contributed by atoms with Crippen molar-refractivity contribution in [1.29, 1.82) is 0 Å². The zero-order valence-electron chi connectivity index (χ0n) is 35.2. The van der Waals surface area contributed by atoms with Gasteiger partial charge in [0.15, 0.2) is 11.6 Å². The Morgan fingerprint density at radius 3 is 2.14 bits per heavy atom. The molecule has 338 valence electrons. The maximum atomic E-state index is 15.2. The summed E-state index contributed by atoms with van der Waals surface area (Å²) in [6.07, 6.45) is 4.18. The molecule has 3 aliphatic heterocycles. The predicted octanol–water partition coefficient (Wildman–Crippen LogP) is 6.56. The molecule has 19 heteroatoms. The molecule has 0 radical (unpaired) electrons. The van der Waals surface area contributed by atoms with Crippen LogP contribution in [0.2, 0.25) is 0 Å². The average molecular weight is 894 g/mol. The Morgan fingerprint density at radius 1 is 0.723 bits per heavy atom. The molecule has 0 bridgehead atoms. The monoisotopic (exact) mass is 893 g/mol. The summed E-state index contributed by atoms with van der Waals surface area (Å²) in [4.78, 5) is 61.5. The highest BCUT2D eigenvalue weighted by molar-refractivity contribution is 6.04. The molecule has 5 aromatic rings. The number of aromatic nitrogens is 2. The minimum atomic E-state index is -0.814. The van der Waals surface area contributed by atoms with Gasteiger partial charge < -0.3 is 26.2 Å². The van der Waals surface area contributed by atoms with Crippen LogP contribution in [0.1, 0.15) is 52.8 Å². The second kappa shape index (κ2) is 20.2. The summed E-state index contributed by atoms with van der Waals surface area (Å²) in [5.74, 6) is -3.85. The zero-order valence-corrected chi connectivity index (χ0v) is 35.2. The standard InChI is InChI=1S/C46H47F4N11O4/c47-34-4-2-1-3-33(34)44(64)53-31-11-9-30(10-12-31)52-42-37(50)27-51-46(57-42)54-32-7-5-29(6-8-32)43(63)58-61-19-16-28(17-20-61)15-18-59-21-23-60(24-22-59)40-26-35(48)39(25-36(40)49)55-38-13-14-41(62)56-45(38)65/h1-12,25-28,38,55H,13-24H2,(H,53,64)(H,58,63)(H,56,62,65)(H2,51,52,54,57). The number of imide groups is 1. The van der Waals surface area contributed by atoms with E-state index in [0.29, 0.717) is 67.8 Å². The van der Waals surface area contributed by atoms with Gasteiger partial charge in [-0.15, -0.1) is 0 Å². The van der Waals surface area contributed by atoms with Gasteiger partial charge in [0.25, 0.3) is 11.8 Å². The number of rotatable bonds is 14. The van der Waals surface area contributed by atoms with Gasteiger partial charge in [0, 0.05) is 80.4 Å². The molecule has 0 saturated carbocycles. The van der Waals surface area contributed by atoms with Crippen LogP contribution < -0.4 is 36.9 Å². The molecular formula is C46H47F4N11O4. The highest BCUT2D eigenvalue weighted by atomic mass is 19.1. The van der Waals surface area contributed by atoms with E-state index in [-0.39, 0.29) is 53.4 Å². The molecule has 4 amide bonds. The SMILES string of the molecule is O=C1CCC(Nc2cc(F)c(N3CCN(CCC4CCN(NC(=O)c5ccc(Nc6ncc(F)c(Nc7ccc(NC(=O)c8ccccc8F)cc7)n6)cc5)CC4)CC3)cc2F)C(=O)N1. The largest absolute Gasteiger partial charge is 0.371 e. The number of piperidine rings is 2. The van der Waals surface area contributed by atoms with Crippen molar-refractivity contribution in [3.63, 3.8) is 0 Å². The Hall–Kier alpha value is -7.12. The highest BCUT2D eigenvalue weighted by Gasteiger charge is 2.29. The lowest BCUT2D eigenvalue weighted by Gasteiger charge is -2.38. The number of nitrogens with one attached hydrogen (secondary N) is 6. The van der Waals surface area contributed by atoms with Gasteiger partial charge >= 0.3 is 0 Å². The molecule has 15 nitrogen and oxygen atoms in total. The minimum Gasteiger partial charge on any atom is -0.371 e. The van der Waals surface area contributed by atoms with E-state index < -0.39 is 41.1 Å². The fourth-order valence-corrected chi connectivity index (χ4v) is 7.99. The Morgan fingerprint density at radius 2 is 1.42 bits per heavy atom. The first-order chi connectivity index (χ1) is 31.4. The van der Waals surface area contributed by atoms with Crippen LogP contribution in [0.15, 0.2) is 91.1 Å². The number of hydrazine groups is 1. The van der Waals surface area contributed by atoms with Crippen LogP contribution >= 0.6 is 0 Å². The fourth-order valence-electron chi connectivity index (χ4n) is 7.99. The molecule has 3 saturated heterocycles. The lowest BCUT2D eigenvalue weighted by Crippen LogP contribution is -2.48. The first kappa shape index (κ1) is 44.5. The Balaban J connectivity index is 0.740. The number of benzene rings is 4. The maximum absolute atomic E-state index is 15.2. The third-order valence-electron chi connectivity index (χ3n) is 11.7. The number of halogens is 4. The van der Waals surface area contributed by atoms with Crippen molar-refractivity contribution in [2.75, 3.05) is 72.0 Å². The molecule has 4 heterocycles. The first-order valence-corrected chi connectivity index (χ1v) is 21.4. The maximum Gasteiger partial charge on any atom is 0.265 e. The number of carbonyl (C=O) groups is 4. The molecular weight excluding hydrogens is 847 g/mol. The third kappa shape index (κ3) is 11.3. The van der Waals surface area contributed by atoms with Crippen molar-refractivity contribution in [2.24, 2.45) is 5.92 Å². The second-order valence-electron chi connectivity index (χ2n) is 16.1. The summed E-state index contributed by atoms with van der Waals surface area (Å²) in [6, 6.07) is 20.2. The van der Waals surface area contributed by atoms with Crippen LogP contribution in [0.5, 0.6) is 0 Å². The van der Waals surface area contributed by atoms with Crippen molar-refractivity contribution < 1.29 is 36.7 Å². The molecule has 8 rings (SSSR count). The van der Waals surface area contributed by atoms with Gasteiger partial charge in [0.1, 0.15) is 23.5 Å². The normalized spacial score (nSPS) is 17.3. The van der Waals surface area contributed by atoms with Crippen LogP contribution in [0.3, 0.4) is 0 Å². The number of hydrogen-bond acceptors (Lipinski definition) is 12. The summed E-state index contributed by atoms with van der Waals surface area (Å²) < 4.78 is 58.9. The van der Waals surface area contributed by atoms with Crippen molar-refractivity contribution in [1.82, 2.24) is 30.6 Å². The van der Waals surface area contributed by atoms with E-state index in [1.165, 1.54) is 18.2 Å². The van der Waals surface area contributed by atoms with Crippen molar-refractivity contribution in [2.45, 2.75) is 38.1 Å². The van der Waals surface area contributed by atoms with Gasteiger partial charge in [0.2, 0.25) is 17.8 Å². The number of anilines is 7. The summed E-state index contributed by atoms with van der Waals surface area (Å²) >= 11 is 0. The smallest absolute Gasteiger partial charge is 0.265 e. The lowest BCUT2D eigenvalue weighted by atomic mass is 9.94. The summed E-state index contributed by atoms with van der Waals surface area (Å²) in [5, 5.41) is 15.4. The third-order valence-corrected chi connectivity index (χ3v) is 11.7. The lowest BCUT2D eigenvalue weighted by molar-refractivity contribution is -0.133. The van der Waals surface area contributed by atoms with Crippen LogP contribution in [0, 0.1) is 29.2 Å². The van der Waals surface area contributed by atoms with Gasteiger partial charge in [-0.2, -0.15) is 4.98 Å². The molecule has 3 fully saturated rings. The van der Waals surface area contributed by atoms with E-state index in [1.807, 2.05) is 9.91 Å². The molecule has 6 N–H and O–H groups in total. The zero-order chi connectivity index (χ0) is 45.5. The van der Waals surface area contributed by atoms with Gasteiger partial charge in [-0.3, -0.25) is 34.8 Å². The van der Waals surface area contributed by atoms with Gasteiger partial charge in [-0.1, -0.05) is 12.1 Å². The van der Waals surface area contributed by atoms with Gasteiger partial charge in [0.05, 0.1) is 23.1 Å². The molecule has 0 spiro atoms. The minimum absolute atomic E-state index is 0.0877. The van der Waals surface area contributed by atoms with Crippen molar-refractivity contribution in [3.8, 4) is 0 Å². The topological polar surface area (TPSA) is 176 Å². The van der Waals surface area contributed by atoms with E-state index in [0.717, 1.165) is 44.1 Å². The Bertz CT molecular complexity index is 2530. The van der Waals surface area contributed by atoms with Gasteiger partial charge in [-0.05, 0) is 98.8 Å². The fraction of sp³-hybridized carbons (Fsp3) is 0.304. The number of nitrogens with zero attached hydrogens (tertiary/aromatic N) is 5. The molecule has 4 aromatic carbocycles. The predicted molar refractivity (Wildman–Crippen MR) is 237 cm³/mol. The average Bonchev–Trinajstić information content (AvgIpc) is 3.30. The summed E-state index contributed by atoms with van der Waals surface area (Å²) in [6.45, 7) is 4.79. The molecule has 1 unspecified atom stereocenters. The second-order valence-corrected chi connectivity index (χ2v) is 16.1. The van der Waals surface area contributed by atoms with E-state index in [4.69, 9.17) is 0 Å². The van der Waals surface area contributed by atoms with E-state index in [2.05, 4.69) is 46.9 Å². The molecule has 3 aliphatic rings. The van der Waals surface area contributed by atoms with E-state index >= 15 is 8.78 Å². The molecule has 1 atom stereocenters. The van der Waals surface area contributed by atoms with Crippen LogP contribution in [-0.4, -0.2) is 95.4 Å². The van der Waals surface area contributed by atoms with E-state index in [9.17, 15) is 28.0 Å². The van der Waals surface area contributed by atoms with Crippen LogP contribution in [-0.2, 0) is 9.59 Å². The van der Waals surface area contributed by atoms with Crippen molar-refractivity contribution in [3.05, 3.63) is 126 Å². The van der Waals surface area contributed by atoms with Gasteiger partial charge in [-0.25, -0.2) is 27.6 Å². The Kier molecular flexibility index (Phi) is 13.8. The highest BCUT2D eigenvalue weighted by Crippen LogP contribution is 2.29. The molecule has 65 heavy (non-hydrogen) atoms. The Labute approximate surface area is 372 Å². The van der Waals surface area contributed by atoms with Crippen LogP contribution in [0.4, 0.5) is 57.8 Å². The number of amides is 4. The summed E-state index contributed by atoms with van der Waals surface area (Å²) in [7, 11) is 0.